The molecule has 0 aliphatic heterocycles. The van der Waals surface area contributed by atoms with E-state index in [1.54, 1.807) is 17.2 Å². The van der Waals surface area contributed by atoms with E-state index in [0.717, 1.165) is 17.9 Å². The summed E-state index contributed by atoms with van der Waals surface area (Å²) in [7, 11) is 0. The molecular weight excluding hydrogens is 348 g/mol. The quantitative estimate of drug-likeness (QED) is 0.589. The number of benzene rings is 1. The van der Waals surface area contributed by atoms with Crippen molar-refractivity contribution in [1.29, 1.82) is 0 Å². The van der Waals surface area contributed by atoms with Crippen LogP contribution in [0.15, 0.2) is 53.1 Å². The van der Waals surface area contributed by atoms with Crippen molar-refractivity contribution in [2.24, 2.45) is 0 Å². The molecule has 0 fully saturated rings. The number of hydrogen-bond donors (Lipinski definition) is 0. The number of rotatable bonds is 7. The fourth-order valence-corrected chi connectivity index (χ4v) is 3.61. The van der Waals surface area contributed by atoms with Crippen LogP contribution in [0.5, 0.6) is 0 Å². The molecule has 4 nitrogen and oxygen atoms in total. The van der Waals surface area contributed by atoms with Crippen molar-refractivity contribution in [2.75, 3.05) is 13.1 Å². The molecule has 0 saturated heterocycles. The summed E-state index contributed by atoms with van der Waals surface area (Å²) in [5.74, 6) is 1.15. The third kappa shape index (κ3) is 4.69. The molecule has 0 spiro atoms. The summed E-state index contributed by atoms with van der Waals surface area (Å²) in [4.78, 5) is 19.0. The first kappa shape index (κ1) is 19.9. The lowest BCUT2D eigenvalue weighted by Gasteiger charge is -2.19. The minimum absolute atomic E-state index is 0.0676. The summed E-state index contributed by atoms with van der Waals surface area (Å²) in [6.45, 7) is 9.61. The van der Waals surface area contributed by atoms with Gasteiger partial charge < -0.3 is 9.32 Å². The maximum absolute atomic E-state index is 12.9. The Balaban J connectivity index is 1.69. The van der Waals surface area contributed by atoms with Crippen LogP contribution in [0.3, 0.4) is 0 Å². The summed E-state index contributed by atoms with van der Waals surface area (Å²) in [5, 5.41) is 0. The Morgan fingerprint density at radius 2 is 1.82 bits per heavy atom. The van der Waals surface area contributed by atoms with E-state index in [1.165, 1.54) is 22.3 Å². The molecular formula is C24H28N2O2. The number of likely N-dealkylation sites (N-methyl/N-ethyl adjacent to an activating group) is 1. The number of aryl methyl sites for hydroxylation is 3. The van der Waals surface area contributed by atoms with E-state index in [0.29, 0.717) is 25.3 Å². The third-order valence-corrected chi connectivity index (χ3v) is 5.10. The van der Waals surface area contributed by atoms with Crippen molar-refractivity contribution in [1.82, 2.24) is 9.88 Å². The normalized spacial score (nSPS) is 10.9. The Bertz CT molecular complexity index is 921. The van der Waals surface area contributed by atoms with E-state index in [1.807, 2.05) is 31.2 Å². The van der Waals surface area contributed by atoms with E-state index in [4.69, 9.17) is 4.42 Å². The van der Waals surface area contributed by atoms with Crippen LogP contribution < -0.4 is 0 Å². The second kappa shape index (κ2) is 8.87. The summed E-state index contributed by atoms with van der Waals surface area (Å²) < 4.78 is 5.92. The molecule has 3 aromatic rings. The van der Waals surface area contributed by atoms with Crippen molar-refractivity contribution >= 4 is 5.91 Å². The predicted molar refractivity (Wildman–Crippen MR) is 112 cm³/mol. The van der Waals surface area contributed by atoms with Crippen LogP contribution in [-0.2, 0) is 12.8 Å². The Hall–Kier alpha value is -2.88. The Kier molecular flexibility index (Phi) is 6.30. The molecule has 1 aromatic carbocycles. The number of carbonyl (C=O) groups excluding carboxylic acids is 1. The number of nitrogens with zero attached hydrogens (tertiary/aromatic N) is 2. The minimum atomic E-state index is -0.0676. The second-order valence-electron chi connectivity index (χ2n) is 7.28. The lowest BCUT2D eigenvalue weighted by atomic mass is 9.97. The summed E-state index contributed by atoms with van der Waals surface area (Å²) in [6, 6.07) is 13.9. The maximum Gasteiger partial charge on any atom is 0.289 e. The molecule has 3 rings (SSSR count). The molecule has 146 valence electrons. The third-order valence-electron chi connectivity index (χ3n) is 5.10. The van der Waals surface area contributed by atoms with Crippen LogP contribution in [0.25, 0.3) is 0 Å². The van der Waals surface area contributed by atoms with Crippen molar-refractivity contribution in [3.63, 3.8) is 0 Å². The van der Waals surface area contributed by atoms with Gasteiger partial charge in [-0.15, -0.1) is 0 Å². The fraction of sp³-hybridized carbons (Fsp3) is 0.333. The van der Waals surface area contributed by atoms with Crippen LogP contribution >= 0.6 is 0 Å². The SMILES string of the molecule is CCN(CCc1ccccn1)C(=O)c1ccc(Cc2c(C)cc(C)cc2C)o1. The highest BCUT2D eigenvalue weighted by molar-refractivity contribution is 5.91. The number of hydrogen-bond acceptors (Lipinski definition) is 3. The Morgan fingerprint density at radius 1 is 1.07 bits per heavy atom. The highest BCUT2D eigenvalue weighted by atomic mass is 16.4. The largest absolute Gasteiger partial charge is 0.456 e. The molecule has 0 aliphatic rings. The topological polar surface area (TPSA) is 46.3 Å². The zero-order chi connectivity index (χ0) is 20.1. The van der Waals surface area contributed by atoms with E-state index < -0.39 is 0 Å². The molecule has 0 unspecified atom stereocenters. The van der Waals surface area contributed by atoms with Gasteiger partial charge in [-0.3, -0.25) is 9.78 Å². The van der Waals surface area contributed by atoms with Crippen LogP contribution in [-0.4, -0.2) is 28.9 Å². The molecule has 4 heteroatoms. The smallest absolute Gasteiger partial charge is 0.289 e. The van der Waals surface area contributed by atoms with Gasteiger partial charge in [0.15, 0.2) is 5.76 Å². The summed E-state index contributed by atoms with van der Waals surface area (Å²) in [6.07, 6.45) is 3.21. The molecule has 2 aromatic heterocycles. The molecule has 0 aliphatic carbocycles. The van der Waals surface area contributed by atoms with Crippen molar-refractivity contribution in [3.05, 3.63) is 88.1 Å². The molecule has 0 N–H and O–H groups in total. The first-order valence-corrected chi connectivity index (χ1v) is 9.82. The second-order valence-corrected chi connectivity index (χ2v) is 7.28. The van der Waals surface area contributed by atoms with Gasteiger partial charge in [-0.25, -0.2) is 0 Å². The molecule has 0 radical (unpaired) electrons. The fourth-order valence-electron chi connectivity index (χ4n) is 3.61. The summed E-state index contributed by atoms with van der Waals surface area (Å²) in [5.41, 5.74) is 6.03. The molecule has 1 amide bonds. The average molecular weight is 377 g/mol. The average Bonchev–Trinajstić information content (AvgIpc) is 3.14. The van der Waals surface area contributed by atoms with E-state index in [2.05, 4.69) is 37.9 Å². The minimum Gasteiger partial charge on any atom is -0.456 e. The lowest BCUT2D eigenvalue weighted by molar-refractivity contribution is 0.0732. The molecule has 28 heavy (non-hydrogen) atoms. The summed E-state index contributed by atoms with van der Waals surface area (Å²) >= 11 is 0. The van der Waals surface area contributed by atoms with Gasteiger partial charge in [0.25, 0.3) is 5.91 Å². The first-order chi connectivity index (χ1) is 13.5. The highest BCUT2D eigenvalue weighted by Crippen LogP contribution is 2.22. The van der Waals surface area contributed by atoms with Gasteiger partial charge in [0.1, 0.15) is 5.76 Å². The number of aromatic nitrogens is 1. The zero-order valence-corrected chi connectivity index (χ0v) is 17.2. The molecule has 0 bridgehead atoms. The van der Waals surface area contributed by atoms with Gasteiger partial charge in [0, 0.05) is 37.8 Å². The number of pyridine rings is 1. The van der Waals surface area contributed by atoms with Crippen LogP contribution in [0.2, 0.25) is 0 Å². The highest BCUT2D eigenvalue weighted by Gasteiger charge is 2.18. The Morgan fingerprint density at radius 3 is 2.46 bits per heavy atom. The predicted octanol–water partition coefficient (Wildman–Crippen LogP) is 4.90. The van der Waals surface area contributed by atoms with Crippen molar-refractivity contribution in [2.45, 2.75) is 40.5 Å². The van der Waals surface area contributed by atoms with Gasteiger partial charge in [-0.2, -0.15) is 0 Å². The monoisotopic (exact) mass is 376 g/mol. The van der Waals surface area contributed by atoms with E-state index in [-0.39, 0.29) is 5.91 Å². The Labute approximate surface area is 167 Å². The zero-order valence-electron chi connectivity index (χ0n) is 17.2. The van der Waals surface area contributed by atoms with Crippen molar-refractivity contribution < 1.29 is 9.21 Å². The van der Waals surface area contributed by atoms with E-state index >= 15 is 0 Å². The van der Waals surface area contributed by atoms with Gasteiger partial charge in [-0.1, -0.05) is 23.8 Å². The van der Waals surface area contributed by atoms with Gasteiger partial charge in [-0.05, 0) is 68.7 Å². The standard InChI is InChI=1S/C24H28N2O2/c1-5-26(13-11-20-8-6-7-12-25-20)24(27)23-10-9-21(28-23)16-22-18(3)14-17(2)15-19(22)4/h6-10,12,14-15H,5,11,13,16H2,1-4H3. The number of furan rings is 1. The van der Waals surface area contributed by atoms with Crippen molar-refractivity contribution in [3.8, 4) is 0 Å². The molecule has 0 saturated carbocycles. The first-order valence-electron chi connectivity index (χ1n) is 9.82. The van der Waals surface area contributed by atoms with Gasteiger partial charge in [0.05, 0.1) is 0 Å². The lowest BCUT2D eigenvalue weighted by Crippen LogP contribution is -2.32. The van der Waals surface area contributed by atoms with E-state index in [9.17, 15) is 4.79 Å². The molecule has 0 atom stereocenters. The van der Waals surface area contributed by atoms with Crippen LogP contribution in [0.4, 0.5) is 0 Å². The van der Waals surface area contributed by atoms with Gasteiger partial charge in [0.2, 0.25) is 0 Å². The van der Waals surface area contributed by atoms with Crippen LogP contribution in [0.1, 0.15) is 51.2 Å². The van der Waals surface area contributed by atoms with Crippen LogP contribution in [0, 0.1) is 20.8 Å². The molecule has 2 heterocycles. The van der Waals surface area contributed by atoms with Gasteiger partial charge >= 0.3 is 0 Å². The number of amides is 1. The maximum atomic E-state index is 12.9. The number of carbonyl (C=O) groups is 1.